The van der Waals surface area contributed by atoms with E-state index in [0.717, 1.165) is 33.4 Å². The molecule has 1 amide bonds. The van der Waals surface area contributed by atoms with Crippen molar-refractivity contribution < 1.29 is 9.53 Å². The monoisotopic (exact) mass is 393 g/mol. The van der Waals surface area contributed by atoms with E-state index >= 15 is 0 Å². The first-order chi connectivity index (χ1) is 13.4. The number of ether oxygens (including phenoxy) is 1. The van der Waals surface area contributed by atoms with Crippen molar-refractivity contribution in [2.45, 2.75) is 20.8 Å². The van der Waals surface area contributed by atoms with Crippen molar-refractivity contribution in [3.8, 4) is 17.5 Å². The number of hydrogen-bond donors (Lipinski definition) is 1. The van der Waals surface area contributed by atoms with Gasteiger partial charge in [0.05, 0.1) is 7.11 Å². The van der Waals surface area contributed by atoms with E-state index in [4.69, 9.17) is 4.74 Å². The number of methoxy groups -OCH3 is 1. The molecular formula is C20H19N5O2S. The highest BCUT2D eigenvalue weighted by Crippen LogP contribution is 2.24. The summed E-state index contributed by atoms with van der Waals surface area (Å²) in [7, 11) is 1.63. The van der Waals surface area contributed by atoms with Crippen LogP contribution < -0.4 is 10.1 Å². The minimum atomic E-state index is -0.507. The molecule has 0 radical (unpaired) electrons. The summed E-state index contributed by atoms with van der Waals surface area (Å²) in [5, 5.41) is 20.9. The van der Waals surface area contributed by atoms with Crippen LogP contribution >= 0.6 is 11.3 Å². The Morgan fingerprint density at radius 1 is 1.25 bits per heavy atom. The predicted octanol–water partition coefficient (Wildman–Crippen LogP) is 3.81. The van der Waals surface area contributed by atoms with Crippen LogP contribution in [0.2, 0.25) is 0 Å². The van der Waals surface area contributed by atoms with Gasteiger partial charge in [0.15, 0.2) is 0 Å². The Labute approximate surface area is 166 Å². The van der Waals surface area contributed by atoms with Gasteiger partial charge >= 0.3 is 0 Å². The molecule has 7 nitrogen and oxygen atoms in total. The maximum atomic E-state index is 12.4. The second-order valence-corrected chi connectivity index (χ2v) is 7.29. The van der Waals surface area contributed by atoms with Gasteiger partial charge in [0.2, 0.25) is 5.13 Å². The normalized spacial score (nSPS) is 11.2. The molecule has 0 bridgehead atoms. The van der Waals surface area contributed by atoms with Crippen molar-refractivity contribution in [1.29, 1.82) is 5.26 Å². The Morgan fingerprint density at radius 2 is 1.96 bits per heavy atom. The molecule has 3 rings (SSSR count). The fourth-order valence-electron chi connectivity index (χ4n) is 2.88. The second kappa shape index (κ2) is 8.06. The Morgan fingerprint density at radius 3 is 2.54 bits per heavy atom. The molecule has 142 valence electrons. The highest BCUT2D eigenvalue weighted by molar-refractivity contribution is 7.15. The maximum absolute atomic E-state index is 12.4. The average Bonchev–Trinajstić information content (AvgIpc) is 3.21. The van der Waals surface area contributed by atoms with Gasteiger partial charge in [0.1, 0.15) is 22.4 Å². The molecule has 3 aromatic rings. The van der Waals surface area contributed by atoms with Gasteiger partial charge in [0, 0.05) is 17.1 Å². The summed E-state index contributed by atoms with van der Waals surface area (Å²) in [6.07, 6.45) is 1.59. The number of carbonyl (C=O) groups is 1. The summed E-state index contributed by atoms with van der Waals surface area (Å²) in [6.45, 7) is 5.72. The first-order valence-electron chi connectivity index (χ1n) is 8.49. The molecule has 0 aliphatic rings. The summed E-state index contributed by atoms with van der Waals surface area (Å²) >= 11 is 1.26. The first kappa shape index (κ1) is 19.3. The van der Waals surface area contributed by atoms with Gasteiger partial charge < -0.3 is 9.30 Å². The number of benzene rings is 1. The molecule has 1 aromatic carbocycles. The minimum Gasteiger partial charge on any atom is -0.497 e. The highest BCUT2D eigenvalue weighted by Gasteiger charge is 2.15. The van der Waals surface area contributed by atoms with E-state index in [-0.39, 0.29) is 5.57 Å². The van der Waals surface area contributed by atoms with Gasteiger partial charge in [-0.3, -0.25) is 10.1 Å². The largest absolute Gasteiger partial charge is 0.497 e. The number of nitriles is 1. The highest BCUT2D eigenvalue weighted by atomic mass is 32.1. The van der Waals surface area contributed by atoms with Crippen molar-refractivity contribution in [1.82, 2.24) is 14.8 Å². The molecule has 0 aliphatic heterocycles. The van der Waals surface area contributed by atoms with E-state index in [2.05, 4.69) is 20.1 Å². The third kappa shape index (κ3) is 3.94. The van der Waals surface area contributed by atoms with Crippen LogP contribution in [0.5, 0.6) is 5.75 Å². The van der Waals surface area contributed by atoms with E-state index in [1.807, 2.05) is 50.2 Å². The Balaban J connectivity index is 1.91. The molecule has 0 unspecified atom stereocenters. The van der Waals surface area contributed by atoms with Crippen LogP contribution in [0, 0.1) is 32.1 Å². The Bertz CT molecular complexity index is 1090. The molecule has 2 aromatic heterocycles. The summed E-state index contributed by atoms with van der Waals surface area (Å²) in [5.41, 5.74) is 3.69. The predicted molar refractivity (Wildman–Crippen MR) is 109 cm³/mol. The molecule has 1 N–H and O–H groups in total. The topological polar surface area (TPSA) is 92.8 Å². The number of amides is 1. The quantitative estimate of drug-likeness (QED) is 0.526. The SMILES string of the molecule is COc1ccc(-n2c(C)cc(/C=C(\C#N)C(=O)Nc3nnc(C)s3)c2C)cc1. The molecule has 0 atom stereocenters. The number of carbonyl (C=O) groups excluding carboxylic acids is 1. The van der Waals surface area contributed by atoms with E-state index < -0.39 is 5.91 Å². The standard InChI is InChI=1S/C20H19N5O2S/c1-12-9-15(13(2)25(12)17-5-7-18(27-4)8-6-17)10-16(11-21)19(26)22-20-24-23-14(3)28-20/h5-10H,1-4H3,(H,22,24,26)/b16-10+. The van der Waals surface area contributed by atoms with Gasteiger partial charge in [-0.2, -0.15) is 5.26 Å². The lowest BCUT2D eigenvalue weighted by Gasteiger charge is -2.10. The molecule has 0 spiro atoms. The maximum Gasteiger partial charge on any atom is 0.268 e. The third-order valence-electron chi connectivity index (χ3n) is 4.21. The van der Waals surface area contributed by atoms with Crippen molar-refractivity contribution >= 4 is 28.5 Å². The van der Waals surface area contributed by atoms with Gasteiger partial charge in [0.25, 0.3) is 5.91 Å². The van der Waals surface area contributed by atoms with E-state index in [9.17, 15) is 10.1 Å². The number of nitrogens with one attached hydrogen (secondary N) is 1. The molecule has 8 heteroatoms. The number of hydrogen-bond acceptors (Lipinski definition) is 6. The van der Waals surface area contributed by atoms with Crippen LogP contribution in [0.15, 0.2) is 35.9 Å². The lowest BCUT2D eigenvalue weighted by Crippen LogP contribution is -2.13. The zero-order valence-corrected chi connectivity index (χ0v) is 16.8. The van der Waals surface area contributed by atoms with Crippen molar-refractivity contribution in [2.75, 3.05) is 12.4 Å². The van der Waals surface area contributed by atoms with Crippen molar-refractivity contribution in [3.63, 3.8) is 0 Å². The molecule has 0 saturated carbocycles. The first-order valence-corrected chi connectivity index (χ1v) is 9.31. The lowest BCUT2D eigenvalue weighted by atomic mass is 10.1. The lowest BCUT2D eigenvalue weighted by molar-refractivity contribution is -0.112. The fraction of sp³-hybridized carbons (Fsp3) is 0.200. The van der Waals surface area contributed by atoms with Gasteiger partial charge in [-0.25, -0.2) is 0 Å². The van der Waals surface area contributed by atoms with E-state index in [1.165, 1.54) is 11.3 Å². The number of nitrogens with zero attached hydrogens (tertiary/aromatic N) is 4. The Hall–Kier alpha value is -3.44. The van der Waals surface area contributed by atoms with Crippen LogP contribution in [0.4, 0.5) is 5.13 Å². The minimum absolute atomic E-state index is 0.00262. The summed E-state index contributed by atoms with van der Waals surface area (Å²) in [5.74, 6) is 0.273. The average molecular weight is 393 g/mol. The fourth-order valence-corrected chi connectivity index (χ4v) is 3.46. The van der Waals surface area contributed by atoms with Crippen LogP contribution in [-0.4, -0.2) is 27.8 Å². The second-order valence-electron chi connectivity index (χ2n) is 6.11. The molecule has 0 fully saturated rings. The molecule has 28 heavy (non-hydrogen) atoms. The van der Waals surface area contributed by atoms with Crippen LogP contribution in [0.3, 0.4) is 0 Å². The zero-order chi connectivity index (χ0) is 20.3. The summed E-state index contributed by atoms with van der Waals surface area (Å²) < 4.78 is 7.27. The third-order valence-corrected chi connectivity index (χ3v) is 4.97. The van der Waals surface area contributed by atoms with Crippen LogP contribution in [-0.2, 0) is 4.79 Å². The molecule has 0 aliphatic carbocycles. The van der Waals surface area contributed by atoms with Crippen LogP contribution in [0.1, 0.15) is 22.0 Å². The van der Waals surface area contributed by atoms with Gasteiger partial charge in [-0.1, -0.05) is 11.3 Å². The molecule has 0 saturated heterocycles. The summed E-state index contributed by atoms with van der Waals surface area (Å²) in [4.78, 5) is 12.4. The number of aromatic nitrogens is 3. The smallest absolute Gasteiger partial charge is 0.268 e. The zero-order valence-electron chi connectivity index (χ0n) is 16.0. The van der Waals surface area contributed by atoms with E-state index in [1.54, 1.807) is 20.1 Å². The molecule has 2 heterocycles. The number of anilines is 1. The van der Waals surface area contributed by atoms with Crippen LogP contribution in [0.25, 0.3) is 11.8 Å². The van der Waals surface area contributed by atoms with Crippen molar-refractivity contribution in [2.24, 2.45) is 0 Å². The van der Waals surface area contributed by atoms with E-state index in [0.29, 0.717) is 5.13 Å². The Kier molecular flexibility index (Phi) is 5.57. The molecular weight excluding hydrogens is 374 g/mol. The van der Waals surface area contributed by atoms with Gasteiger partial charge in [-0.05, 0) is 62.7 Å². The van der Waals surface area contributed by atoms with Crippen molar-refractivity contribution in [3.05, 3.63) is 57.9 Å². The number of rotatable bonds is 5. The summed E-state index contributed by atoms with van der Waals surface area (Å²) in [6, 6.07) is 11.6. The van der Waals surface area contributed by atoms with Gasteiger partial charge in [-0.15, -0.1) is 10.2 Å². The number of aryl methyl sites for hydroxylation is 2.